The molecule has 6 heteroatoms. The van der Waals surface area contributed by atoms with E-state index < -0.39 is 0 Å². The number of nitrogens with zero attached hydrogens (tertiary/aromatic N) is 1. The summed E-state index contributed by atoms with van der Waals surface area (Å²) in [5.41, 5.74) is 1.84. The normalized spacial score (nSPS) is 18.8. The van der Waals surface area contributed by atoms with Gasteiger partial charge in [0, 0.05) is 16.7 Å². The van der Waals surface area contributed by atoms with Crippen LogP contribution in [0.25, 0.3) is 0 Å². The van der Waals surface area contributed by atoms with Crippen molar-refractivity contribution in [1.82, 2.24) is 0 Å². The van der Waals surface area contributed by atoms with E-state index in [9.17, 15) is 4.79 Å². The molecule has 0 saturated carbocycles. The summed E-state index contributed by atoms with van der Waals surface area (Å²) in [4.78, 5) is 16.1. The Hall–Kier alpha value is -1.85. The van der Waals surface area contributed by atoms with Crippen LogP contribution in [-0.4, -0.2) is 30.9 Å². The maximum absolute atomic E-state index is 13.1. The summed E-state index contributed by atoms with van der Waals surface area (Å²) in [6, 6.07) is 11.8. The van der Waals surface area contributed by atoms with Crippen molar-refractivity contribution in [2.24, 2.45) is 0 Å². The van der Waals surface area contributed by atoms with Crippen LogP contribution in [-0.2, 0) is 11.2 Å². The first-order valence-corrected chi connectivity index (χ1v) is 10.0. The number of hydrogen-bond acceptors (Lipinski definition) is 4. The highest BCUT2D eigenvalue weighted by Gasteiger charge is 2.25. The molecule has 0 saturated heterocycles. The van der Waals surface area contributed by atoms with E-state index in [1.165, 1.54) is 0 Å². The molecule has 2 aliphatic heterocycles. The van der Waals surface area contributed by atoms with Crippen molar-refractivity contribution in [2.75, 3.05) is 24.7 Å². The molecule has 0 fully saturated rings. The van der Waals surface area contributed by atoms with Crippen LogP contribution in [0, 0.1) is 0 Å². The minimum atomic E-state index is 0.0693. The average molecular weight is 390 g/mol. The van der Waals surface area contributed by atoms with Gasteiger partial charge in [-0.1, -0.05) is 30.7 Å². The molecule has 0 aliphatic carbocycles. The van der Waals surface area contributed by atoms with E-state index in [0.29, 0.717) is 35.0 Å². The van der Waals surface area contributed by atoms with Crippen molar-refractivity contribution in [3.63, 3.8) is 0 Å². The fourth-order valence-corrected chi connectivity index (χ4v) is 4.68. The smallest absolute Gasteiger partial charge is 0.231 e. The second-order valence-electron chi connectivity index (χ2n) is 6.51. The number of benzene rings is 2. The lowest BCUT2D eigenvalue weighted by Crippen LogP contribution is -2.33. The Morgan fingerprint density at radius 1 is 1.27 bits per heavy atom. The largest absolute Gasteiger partial charge is 0.486 e. The summed E-state index contributed by atoms with van der Waals surface area (Å²) in [7, 11) is 0. The number of carbonyl (C=O) groups is 1. The fourth-order valence-electron chi connectivity index (χ4n) is 3.28. The third-order valence-corrected chi connectivity index (χ3v) is 6.07. The van der Waals surface area contributed by atoms with Gasteiger partial charge in [0.2, 0.25) is 5.91 Å². The van der Waals surface area contributed by atoms with Gasteiger partial charge in [-0.25, -0.2) is 0 Å². The highest BCUT2D eigenvalue weighted by Crippen LogP contribution is 2.40. The highest BCUT2D eigenvalue weighted by atomic mass is 35.5. The minimum absolute atomic E-state index is 0.0693. The number of hydrogen-bond donors (Lipinski definition) is 0. The molecule has 0 bridgehead atoms. The van der Waals surface area contributed by atoms with Crippen LogP contribution in [0.15, 0.2) is 41.3 Å². The predicted octanol–water partition coefficient (Wildman–Crippen LogP) is 4.57. The van der Waals surface area contributed by atoms with Gasteiger partial charge in [0.1, 0.15) is 13.2 Å². The zero-order chi connectivity index (χ0) is 18.1. The van der Waals surface area contributed by atoms with E-state index in [-0.39, 0.29) is 12.3 Å². The molecular formula is C20H20ClNO3S. The molecule has 0 N–H and O–H groups in total. The van der Waals surface area contributed by atoms with Crippen LogP contribution in [0.4, 0.5) is 5.69 Å². The first-order valence-electron chi connectivity index (χ1n) is 8.76. The van der Waals surface area contributed by atoms with Crippen LogP contribution in [0.5, 0.6) is 11.5 Å². The van der Waals surface area contributed by atoms with Crippen molar-refractivity contribution in [1.29, 1.82) is 0 Å². The van der Waals surface area contributed by atoms with Crippen molar-refractivity contribution < 1.29 is 14.3 Å². The first kappa shape index (κ1) is 17.6. The zero-order valence-corrected chi connectivity index (χ0v) is 16.1. The second-order valence-corrected chi connectivity index (χ2v) is 8.40. The minimum Gasteiger partial charge on any atom is -0.486 e. The molecule has 1 amide bonds. The molecule has 1 atom stereocenters. The monoisotopic (exact) mass is 389 g/mol. The van der Waals surface area contributed by atoms with Gasteiger partial charge in [-0.2, -0.15) is 0 Å². The Balaban J connectivity index is 1.60. The molecule has 2 aromatic rings. The van der Waals surface area contributed by atoms with Gasteiger partial charge in [-0.05, 0) is 36.2 Å². The number of ether oxygens (including phenoxy) is 2. The van der Waals surface area contributed by atoms with Gasteiger partial charge in [0.25, 0.3) is 0 Å². The predicted molar refractivity (Wildman–Crippen MR) is 105 cm³/mol. The van der Waals surface area contributed by atoms with E-state index in [4.69, 9.17) is 21.1 Å². The van der Waals surface area contributed by atoms with E-state index in [2.05, 4.69) is 13.0 Å². The third kappa shape index (κ3) is 3.51. The Bertz CT molecular complexity index is 842. The lowest BCUT2D eigenvalue weighted by atomic mass is 10.1. The third-order valence-electron chi connectivity index (χ3n) is 4.56. The van der Waals surface area contributed by atoms with Crippen LogP contribution in [0.2, 0.25) is 5.02 Å². The highest BCUT2D eigenvalue weighted by molar-refractivity contribution is 8.00. The summed E-state index contributed by atoms with van der Waals surface area (Å²) < 4.78 is 11.2. The Morgan fingerprint density at radius 3 is 2.96 bits per heavy atom. The first-order chi connectivity index (χ1) is 12.6. The average Bonchev–Trinajstić information content (AvgIpc) is 2.80. The SMILES string of the molecule is CC1CCN(C(=O)Cc2cc(Cl)c3c(c2)OCCO3)c2ccccc2S1. The number of anilines is 1. The standard InChI is InChI=1S/C20H20ClNO3S/c1-13-6-7-22(16-4-2-3-5-18(16)26-13)19(23)12-14-10-15(21)20-17(11-14)24-8-9-25-20/h2-5,10-11,13H,6-9,12H2,1H3. The van der Waals surface area contributed by atoms with E-state index in [0.717, 1.165) is 29.1 Å². The van der Waals surface area contributed by atoms with Gasteiger partial charge < -0.3 is 14.4 Å². The number of thioether (sulfide) groups is 1. The van der Waals surface area contributed by atoms with Gasteiger partial charge in [-0.15, -0.1) is 11.8 Å². The lowest BCUT2D eigenvalue weighted by molar-refractivity contribution is -0.118. The molecule has 2 aliphatic rings. The van der Waals surface area contributed by atoms with Crippen LogP contribution >= 0.6 is 23.4 Å². The van der Waals surface area contributed by atoms with E-state index in [1.807, 2.05) is 40.9 Å². The second kappa shape index (κ2) is 7.41. The van der Waals surface area contributed by atoms with Crippen LogP contribution in [0.1, 0.15) is 18.9 Å². The topological polar surface area (TPSA) is 38.8 Å². The number of amides is 1. The van der Waals surface area contributed by atoms with Crippen LogP contribution in [0.3, 0.4) is 0 Å². The van der Waals surface area contributed by atoms with Gasteiger partial charge in [0.15, 0.2) is 11.5 Å². The number of halogens is 1. The van der Waals surface area contributed by atoms with Crippen molar-refractivity contribution >= 4 is 35.0 Å². The summed E-state index contributed by atoms with van der Waals surface area (Å²) >= 11 is 8.14. The van der Waals surface area contributed by atoms with Crippen molar-refractivity contribution in [3.05, 3.63) is 47.0 Å². The Kier molecular flexibility index (Phi) is 5.00. The summed E-state index contributed by atoms with van der Waals surface area (Å²) in [5.74, 6) is 1.26. The molecule has 2 heterocycles. The maximum atomic E-state index is 13.1. The van der Waals surface area contributed by atoms with Crippen LogP contribution < -0.4 is 14.4 Å². The van der Waals surface area contributed by atoms with Gasteiger partial charge in [-0.3, -0.25) is 4.79 Å². The summed E-state index contributed by atoms with van der Waals surface area (Å²) in [6.45, 7) is 3.92. The zero-order valence-electron chi connectivity index (χ0n) is 14.5. The molecule has 0 spiro atoms. The van der Waals surface area contributed by atoms with E-state index >= 15 is 0 Å². The Morgan fingerprint density at radius 2 is 2.08 bits per heavy atom. The number of carbonyl (C=O) groups excluding carboxylic acids is 1. The van der Waals surface area contributed by atoms with Gasteiger partial charge in [0.05, 0.1) is 17.1 Å². The molecular weight excluding hydrogens is 370 g/mol. The molecule has 4 rings (SSSR count). The molecule has 0 radical (unpaired) electrons. The van der Waals surface area contributed by atoms with Crippen molar-refractivity contribution in [3.8, 4) is 11.5 Å². The quantitative estimate of drug-likeness (QED) is 0.754. The maximum Gasteiger partial charge on any atom is 0.231 e. The molecule has 0 aromatic heterocycles. The van der Waals surface area contributed by atoms with Crippen molar-refractivity contribution in [2.45, 2.75) is 29.9 Å². The lowest BCUT2D eigenvalue weighted by Gasteiger charge is -2.24. The Labute approximate surface area is 162 Å². The van der Waals surface area contributed by atoms with Gasteiger partial charge >= 0.3 is 0 Å². The summed E-state index contributed by atoms with van der Waals surface area (Å²) in [5, 5.41) is 0.975. The van der Waals surface area contributed by atoms with E-state index in [1.54, 1.807) is 6.07 Å². The number of rotatable bonds is 2. The molecule has 1 unspecified atom stereocenters. The molecule has 4 nitrogen and oxygen atoms in total. The number of para-hydroxylation sites is 1. The number of fused-ring (bicyclic) bond motifs is 2. The molecule has 136 valence electrons. The summed E-state index contributed by atoms with van der Waals surface area (Å²) in [6.07, 6.45) is 1.25. The molecule has 26 heavy (non-hydrogen) atoms. The fraction of sp³-hybridized carbons (Fsp3) is 0.350. The molecule has 2 aromatic carbocycles.